The van der Waals surface area contributed by atoms with Crippen molar-refractivity contribution in [3.05, 3.63) is 0 Å². The number of likely N-dealkylation sites (N-methyl/N-ethyl adjacent to an activating group) is 1. The van der Waals surface area contributed by atoms with Crippen molar-refractivity contribution < 1.29 is 249 Å². The molecule has 0 aromatic rings. The number of rotatable bonds is 82. The summed E-state index contributed by atoms with van der Waals surface area (Å²) < 4.78 is 61.3. The smallest absolute Gasteiger partial charge is 0.407 e. The average molecular weight is 1950 g/mol. The molecule has 782 valence electrons. The lowest BCUT2D eigenvalue weighted by molar-refractivity contribution is -0.133. The molecule has 0 fully saturated rings. The van der Waals surface area contributed by atoms with Gasteiger partial charge >= 0.3 is 24.4 Å². The molecule has 0 aromatic heterocycles. The van der Waals surface area contributed by atoms with Crippen molar-refractivity contribution in [1.29, 1.82) is 0 Å². The van der Waals surface area contributed by atoms with Crippen LogP contribution >= 0.6 is 0 Å². The zero-order chi connectivity index (χ0) is 100.0. The number of hydrogen-bond acceptors (Lipinski definition) is 53. The van der Waals surface area contributed by atoms with Gasteiger partial charge < -0.3 is 257 Å². The lowest BCUT2D eigenvalue weighted by atomic mass is 10.0. The number of aliphatic hydroxyl groups is 32. The number of amides is 6. The summed E-state index contributed by atoms with van der Waals surface area (Å²) in [6, 6.07) is -1.03. The van der Waals surface area contributed by atoms with Crippen LogP contribution in [0.5, 0.6) is 0 Å². The van der Waals surface area contributed by atoms with Crippen LogP contribution in [0.2, 0.25) is 0 Å². The molecule has 39 N–H and O–H groups in total. The molecule has 132 heavy (non-hydrogen) atoms. The molecule has 0 saturated carbocycles. The van der Waals surface area contributed by atoms with Gasteiger partial charge in [0.05, 0.1) is 193 Å². The minimum absolute atomic E-state index is 0.107. The van der Waals surface area contributed by atoms with Crippen molar-refractivity contribution >= 4 is 36.2 Å². The summed E-state index contributed by atoms with van der Waals surface area (Å²) in [5.74, 6) is -1.22. The fourth-order valence-electron chi connectivity index (χ4n) is 10.8. The molecule has 6 amide bonds. The molecule has 0 spiro atoms. The number of carbonyl (C=O) groups is 6. The van der Waals surface area contributed by atoms with E-state index in [-0.39, 0.29) is 59.0 Å². The van der Waals surface area contributed by atoms with Gasteiger partial charge in [-0.1, -0.05) is 0 Å². The largest absolute Gasteiger partial charge is 0.447 e. The molecular weight excluding hydrogens is 1800 g/mol. The van der Waals surface area contributed by atoms with Crippen LogP contribution in [0.4, 0.5) is 19.2 Å². The summed E-state index contributed by atoms with van der Waals surface area (Å²) in [6.07, 6.45) is -52.2. The Hall–Kier alpha value is -5.70. The molecular formula is C73H145N9O50. The first kappa shape index (κ1) is 126. The predicted molar refractivity (Wildman–Crippen MR) is 437 cm³/mol. The number of alkyl carbamates (subject to hydrolysis) is 4. The third-order valence-electron chi connectivity index (χ3n) is 18.0. The molecule has 59 heteroatoms. The Labute approximate surface area is 757 Å². The molecule has 0 heterocycles. The fraction of sp³-hybridized carbons (Fsp3) is 0.918. The van der Waals surface area contributed by atoms with Gasteiger partial charge in [-0.15, -0.1) is 0 Å². The van der Waals surface area contributed by atoms with Gasteiger partial charge in [0.15, 0.2) is 0 Å². The Morgan fingerprint density at radius 3 is 0.667 bits per heavy atom. The lowest BCUT2D eigenvalue weighted by Gasteiger charge is -2.34. The maximum absolute atomic E-state index is 12.7. The minimum atomic E-state index is -2.07. The van der Waals surface area contributed by atoms with Gasteiger partial charge in [-0.05, 0) is 7.05 Å². The molecule has 0 aromatic carbocycles. The van der Waals surface area contributed by atoms with Crippen LogP contribution in [-0.2, 0) is 66.4 Å². The highest BCUT2D eigenvalue weighted by molar-refractivity contribution is 5.88. The van der Waals surface area contributed by atoms with Gasteiger partial charge in [0.25, 0.3) is 0 Å². The topological polar surface area (TPSA) is 951 Å². The van der Waals surface area contributed by atoms with E-state index in [1.54, 1.807) is 0 Å². The second kappa shape index (κ2) is 74.4. The highest BCUT2D eigenvalue weighted by Crippen LogP contribution is 2.16. The van der Waals surface area contributed by atoms with Gasteiger partial charge in [0.2, 0.25) is 11.8 Å². The second-order valence-electron chi connectivity index (χ2n) is 30.5. The Balaban J connectivity index is 4.32. The number of nitrogens with one attached hydrogen (secondary N) is 7. The van der Waals surface area contributed by atoms with E-state index in [2.05, 4.69) is 37.2 Å². The first-order valence-electron chi connectivity index (χ1n) is 41.7. The standard InChI is InChI=1S/C73H145N9O50/c1-74-51(69(116)76-3-5-78-71(118)130-36-48(96)32-126-28-44(92)24-122-20-40(88)8-80-73(120)132-38-50(98)34-128-30-46(94)26-124-22-42(90)10-82(13-54(101)63(110)67(114)58(105)17-85)14-55(102)64(111)68(115)59(106)18-86)6-60(107)75-2-4-77-70(117)129-35-47(95)31-125-27-43(91)23-121-19-39(87)7-79-72(119)131-37-49(97)33-127-29-45(93)25-123-21-41(89)9-81(11-52(99)61(108)65(112)56(103)15-83)12-53(100)62(109)66(113)57(104)16-84/h39-59,61-68,74,83-106,108-115H,2-38H2,1H3,(H,75,107)(H,76,116)(H,77,117)(H,78,118)(H,79,119)(H,80,120)/t39?,40?,41?,42?,43?,44?,45?,46?,47?,48?,49?,50?,51-,52+,53+,54+,55+,56-,57-,58-,59-,61-,62-,63-,64-,65-,66-,67-,68-/m1/s1. The summed E-state index contributed by atoms with van der Waals surface area (Å²) >= 11 is 0. The van der Waals surface area contributed by atoms with Crippen molar-refractivity contribution in [2.24, 2.45) is 0 Å². The third kappa shape index (κ3) is 60.8. The minimum Gasteiger partial charge on any atom is -0.447 e. The fourth-order valence-corrected chi connectivity index (χ4v) is 10.8. The van der Waals surface area contributed by atoms with Crippen LogP contribution in [0, 0.1) is 0 Å². The van der Waals surface area contributed by atoms with Crippen molar-refractivity contribution in [3.63, 3.8) is 0 Å². The summed E-state index contributed by atoms with van der Waals surface area (Å²) in [4.78, 5) is 75.9. The average Bonchev–Trinajstić information content (AvgIpc) is 0.865. The van der Waals surface area contributed by atoms with Crippen LogP contribution in [-0.4, -0.2) is 630 Å². The van der Waals surface area contributed by atoms with E-state index in [0.717, 1.165) is 9.80 Å². The molecule has 0 aliphatic carbocycles. The Bertz CT molecular complexity index is 2870. The van der Waals surface area contributed by atoms with Crippen molar-refractivity contribution in [2.75, 3.05) is 244 Å². The summed E-state index contributed by atoms with van der Waals surface area (Å²) in [5, 5.41) is 338. The van der Waals surface area contributed by atoms with Crippen LogP contribution in [0.3, 0.4) is 0 Å². The van der Waals surface area contributed by atoms with Crippen molar-refractivity contribution in [2.45, 2.75) is 183 Å². The van der Waals surface area contributed by atoms with E-state index in [1.807, 2.05) is 0 Å². The zero-order valence-corrected chi connectivity index (χ0v) is 73.0. The molecule has 59 nitrogen and oxygen atoms in total. The number of hydrogen-bond donors (Lipinski definition) is 39. The van der Waals surface area contributed by atoms with Gasteiger partial charge in [-0.3, -0.25) is 19.4 Å². The number of nitrogens with zero attached hydrogens (tertiary/aromatic N) is 2. The Morgan fingerprint density at radius 2 is 0.432 bits per heavy atom. The van der Waals surface area contributed by atoms with Gasteiger partial charge in [0.1, 0.15) is 149 Å². The van der Waals surface area contributed by atoms with Gasteiger partial charge in [-0.2, -0.15) is 0 Å². The van der Waals surface area contributed by atoms with Crippen molar-refractivity contribution in [1.82, 2.24) is 47.0 Å². The first-order valence-corrected chi connectivity index (χ1v) is 41.7. The molecule has 0 aliphatic rings. The third-order valence-corrected chi connectivity index (χ3v) is 18.0. The number of carbonyl (C=O) groups excluding carboxylic acids is 6. The van der Waals surface area contributed by atoms with Crippen LogP contribution in [0.25, 0.3) is 0 Å². The second-order valence-corrected chi connectivity index (χ2v) is 30.5. The van der Waals surface area contributed by atoms with E-state index < -0.39 is 398 Å². The first-order chi connectivity index (χ1) is 62.3. The predicted octanol–water partition coefficient (Wildman–Crippen LogP) is -23.1. The van der Waals surface area contributed by atoms with Gasteiger partial charge in [0, 0.05) is 78.5 Å². The molecule has 0 bridgehead atoms. The molecule has 0 saturated heterocycles. The highest BCUT2D eigenvalue weighted by atomic mass is 16.6. The normalized spacial score (nSPS) is 18.7. The van der Waals surface area contributed by atoms with Crippen LogP contribution in [0.15, 0.2) is 0 Å². The van der Waals surface area contributed by atoms with Gasteiger partial charge in [-0.25, -0.2) is 19.2 Å². The quantitative estimate of drug-likeness (QED) is 0.0199. The van der Waals surface area contributed by atoms with Crippen molar-refractivity contribution in [3.8, 4) is 0 Å². The summed E-state index contributed by atoms with van der Waals surface area (Å²) in [5.41, 5.74) is 0. The summed E-state index contributed by atoms with van der Waals surface area (Å²) in [7, 11) is 1.41. The Kier molecular flexibility index (Phi) is 71.2. The highest BCUT2D eigenvalue weighted by Gasteiger charge is 2.38. The SMILES string of the molecule is CN[C@H](CC(=O)NCCNC(=O)OCC(O)COCC(O)COCC(O)CNC(=O)OCC(O)COCC(O)COCC(O)CN(C[C@H](O)[C@@H](O)[C@H](O)[C@H](O)CO)C[C@H](O)[C@@H](O)[C@H](O)[C@H](O)CO)C(=O)NCCNC(=O)OCC(O)COCC(O)COCC(O)CNC(=O)OCC(O)COCC(O)COCC(O)CN(C[C@H](O)[C@@H](O)[C@H](O)[C@H](O)CO)C[C@H](O)[C@@H](O)[C@H](O)[C@H](O)CO. The lowest BCUT2D eigenvalue weighted by Crippen LogP contribution is -2.54. The monoisotopic (exact) mass is 1950 g/mol. The van der Waals surface area contributed by atoms with Crippen LogP contribution in [0.1, 0.15) is 6.42 Å². The molecule has 29 atom stereocenters. The molecule has 12 unspecified atom stereocenters. The van der Waals surface area contributed by atoms with Crippen LogP contribution < -0.4 is 37.2 Å². The van der Waals surface area contributed by atoms with E-state index >= 15 is 0 Å². The maximum Gasteiger partial charge on any atom is 0.407 e. The zero-order valence-electron chi connectivity index (χ0n) is 73.0. The van der Waals surface area contributed by atoms with E-state index in [4.69, 9.17) is 77.3 Å². The number of ether oxygens (including phenoxy) is 12. The Morgan fingerprint density at radius 1 is 0.235 bits per heavy atom. The molecule has 0 aliphatic heterocycles. The van der Waals surface area contributed by atoms with E-state index in [0.29, 0.717) is 0 Å². The summed E-state index contributed by atoms with van der Waals surface area (Å²) in [6.45, 7) is -18.1. The van der Waals surface area contributed by atoms with E-state index in [1.165, 1.54) is 7.05 Å². The number of aliphatic hydroxyl groups excluding tert-OH is 32. The molecule has 0 radical (unpaired) electrons. The van der Waals surface area contributed by atoms with E-state index in [9.17, 15) is 172 Å². The maximum atomic E-state index is 12.7. The molecule has 0 rings (SSSR count).